The maximum atomic E-state index is 12.5. The van der Waals surface area contributed by atoms with Crippen molar-refractivity contribution in [1.29, 1.82) is 0 Å². The summed E-state index contributed by atoms with van der Waals surface area (Å²) >= 11 is 0. The zero-order valence-electron chi connectivity index (χ0n) is 14.5. The molecule has 0 aliphatic carbocycles. The van der Waals surface area contributed by atoms with Gasteiger partial charge in [0.25, 0.3) is 5.91 Å². The van der Waals surface area contributed by atoms with Crippen LogP contribution in [0.25, 0.3) is 0 Å². The number of nitrogens with two attached hydrogens (primary N) is 1. The van der Waals surface area contributed by atoms with Gasteiger partial charge in [0.15, 0.2) is 0 Å². The third-order valence-electron chi connectivity index (χ3n) is 4.12. The third kappa shape index (κ3) is 4.47. The molecule has 26 heavy (non-hydrogen) atoms. The number of aliphatic hydroxyl groups excluding tert-OH is 1. The number of aromatic nitrogens is 2. The van der Waals surface area contributed by atoms with Crippen molar-refractivity contribution in [3.8, 4) is 5.75 Å². The van der Waals surface area contributed by atoms with Gasteiger partial charge in [-0.1, -0.05) is 12.1 Å². The molecule has 0 spiro atoms. The number of aryl methyl sites for hydroxylation is 1. The summed E-state index contributed by atoms with van der Waals surface area (Å²) in [6.45, 7) is 2.65. The van der Waals surface area contributed by atoms with Crippen LogP contribution < -0.4 is 15.8 Å². The van der Waals surface area contributed by atoms with Crippen LogP contribution in [0.15, 0.2) is 30.3 Å². The number of carbonyl (C=O) groups excluding carboxylic acids is 1. The smallest absolute Gasteiger partial charge is 0.270 e. The second-order valence-electron chi connectivity index (χ2n) is 6.15. The maximum Gasteiger partial charge on any atom is 0.270 e. The Balaban J connectivity index is 1.68. The number of nitrogens with one attached hydrogen (secondary N) is 1. The molecule has 8 nitrogen and oxygen atoms in total. The summed E-state index contributed by atoms with van der Waals surface area (Å²) in [5.74, 6) is 0.399. The van der Waals surface area contributed by atoms with E-state index >= 15 is 0 Å². The molecular formula is C18H22N4O4. The molecule has 2 aromatic rings. The van der Waals surface area contributed by atoms with Crippen LogP contribution in [0.3, 0.4) is 0 Å². The highest BCUT2D eigenvalue weighted by Crippen LogP contribution is 2.19. The van der Waals surface area contributed by atoms with Gasteiger partial charge >= 0.3 is 0 Å². The zero-order chi connectivity index (χ0) is 18.5. The van der Waals surface area contributed by atoms with Crippen molar-refractivity contribution in [3.05, 3.63) is 47.3 Å². The summed E-state index contributed by atoms with van der Waals surface area (Å²) in [6, 6.07) is 8.53. The van der Waals surface area contributed by atoms with Crippen molar-refractivity contribution < 1.29 is 19.4 Å². The number of nitrogen functional groups attached to an aromatic ring is 1. The Morgan fingerprint density at radius 3 is 2.85 bits per heavy atom. The lowest BCUT2D eigenvalue weighted by Gasteiger charge is -2.32. The molecule has 1 saturated heterocycles. The fraction of sp³-hybridized carbons (Fsp3) is 0.389. The monoisotopic (exact) mass is 358 g/mol. The topological polar surface area (TPSA) is 120 Å². The minimum Gasteiger partial charge on any atom is -0.486 e. The number of carbonyl (C=O) groups is 1. The van der Waals surface area contributed by atoms with Gasteiger partial charge in [-0.05, 0) is 37.1 Å². The fourth-order valence-electron chi connectivity index (χ4n) is 2.79. The molecule has 1 amide bonds. The standard InChI is InChI=1S/C18H22N4O4/c1-11-8-15(22-18(19)20-11)17(24)21-14-6-7-25-10-16(14)26-13-4-2-12(9-23)3-5-13/h2-5,8,14,16,23H,6-7,9-10H2,1H3,(H,21,24)(H2,19,20,22)/t14-,16-/m1/s1. The lowest BCUT2D eigenvalue weighted by molar-refractivity contribution is -0.0135. The first-order chi connectivity index (χ1) is 12.5. The number of anilines is 1. The van der Waals surface area contributed by atoms with Crippen molar-refractivity contribution in [3.63, 3.8) is 0 Å². The maximum absolute atomic E-state index is 12.5. The summed E-state index contributed by atoms with van der Waals surface area (Å²) < 4.78 is 11.5. The van der Waals surface area contributed by atoms with Crippen molar-refractivity contribution in [2.45, 2.75) is 32.1 Å². The van der Waals surface area contributed by atoms with Crippen molar-refractivity contribution in [2.24, 2.45) is 0 Å². The fourth-order valence-corrected chi connectivity index (χ4v) is 2.79. The largest absolute Gasteiger partial charge is 0.486 e. The molecular weight excluding hydrogens is 336 g/mol. The van der Waals surface area contributed by atoms with Gasteiger partial charge in [0, 0.05) is 12.3 Å². The number of hydrogen-bond acceptors (Lipinski definition) is 7. The van der Waals surface area contributed by atoms with Crippen LogP contribution in [0.4, 0.5) is 5.95 Å². The number of amides is 1. The Kier molecular flexibility index (Phi) is 5.65. The van der Waals surface area contributed by atoms with Gasteiger partial charge in [-0.15, -0.1) is 0 Å². The SMILES string of the molecule is Cc1cc(C(=O)N[C@@H]2CCOC[C@H]2Oc2ccc(CO)cc2)nc(N)n1. The number of hydrogen-bond donors (Lipinski definition) is 3. The highest BCUT2D eigenvalue weighted by molar-refractivity contribution is 5.92. The lowest BCUT2D eigenvalue weighted by atomic mass is 10.1. The molecule has 2 atom stereocenters. The average molecular weight is 358 g/mol. The molecule has 0 unspecified atom stereocenters. The molecule has 1 fully saturated rings. The van der Waals surface area contributed by atoms with E-state index in [4.69, 9.17) is 20.3 Å². The van der Waals surface area contributed by atoms with Gasteiger partial charge in [-0.2, -0.15) is 0 Å². The first-order valence-electron chi connectivity index (χ1n) is 8.41. The van der Waals surface area contributed by atoms with Crippen molar-refractivity contribution >= 4 is 11.9 Å². The second-order valence-corrected chi connectivity index (χ2v) is 6.15. The Labute approximate surface area is 151 Å². The molecule has 0 bridgehead atoms. The Hall–Kier alpha value is -2.71. The molecule has 1 aromatic heterocycles. The van der Waals surface area contributed by atoms with Crippen LogP contribution in [-0.4, -0.2) is 46.3 Å². The molecule has 138 valence electrons. The Bertz CT molecular complexity index is 746. The summed E-state index contributed by atoms with van der Waals surface area (Å²) in [7, 11) is 0. The van der Waals surface area contributed by atoms with E-state index in [1.165, 1.54) is 0 Å². The highest BCUT2D eigenvalue weighted by atomic mass is 16.5. The van der Waals surface area contributed by atoms with Crippen LogP contribution in [0, 0.1) is 6.92 Å². The van der Waals surface area contributed by atoms with Gasteiger partial charge in [0.2, 0.25) is 5.95 Å². The Morgan fingerprint density at radius 1 is 1.38 bits per heavy atom. The summed E-state index contributed by atoms with van der Waals surface area (Å²) in [5, 5.41) is 12.1. The third-order valence-corrected chi connectivity index (χ3v) is 4.12. The predicted molar refractivity (Wildman–Crippen MR) is 94.7 cm³/mol. The molecule has 1 aliphatic heterocycles. The number of nitrogens with zero attached hydrogens (tertiary/aromatic N) is 2. The molecule has 0 saturated carbocycles. The number of benzene rings is 1. The second kappa shape index (κ2) is 8.11. The van der Waals surface area contributed by atoms with Crippen molar-refractivity contribution in [1.82, 2.24) is 15.3 Å². The van der Waals surface area contributed by atoms with Crippen LogP contribution in [-0.2, 0) is 11.3 Å². The molecule has 1 aromatic carbocycles. The van der Waals surface area contributed by atoms with E-state index in [1.54, 1.807) is 37.3 Å². The van der Waals surface area contributed by atoms with E-state index in [9.17, 15) is 4.79 Å². The van der Waals surface area contributed by atoms with Gasteiger partial charge < -0.3 is 25.6 Å². The average Bonchev–Trinajstić information content (AvgIpc) is 2.63. The van der Waals surface area contributed by atoms with E-state index in [2.05, 4.69) is 15.3 Å². The molecule has 1 aliphatic rings. The van der Waals surface area contributed by atoms with Gasteiger partial charge in [0.1, 0.15) is 17.5 Å². The first-order valence-corrected chi connectivity index (χ1v) is 8.41. The minimum atomic E-state index is -0.326. The van der Waals surface area contributed by atoms with Crippen LogP contribution >= 0.6 is 0 Å². The van der Waals surface area contributed by atoms with Gasteiger partial charge in [-0.25, -0.2) is 9.97 Å². The summed E-state index contributed by atoms with van der Waals surface area (Å²) in [4.78, 5) is 20.5. The predicted octanol–water partition coefficient (Wildman–Crippen LogP) is 0.826. The van der Waals surface area contributed by atoms with Crippen LogP contribution in [0.1, 0.15) is 28.2 Å². The summed E-state index contributed by atoms with van der Waals surface area (Å²) in [5.41, 5.74) is 7.28. The molecule has 3 rings (SSSR count). The van der Waals surface area contributed by atoms with Gasteiger partial charge in [0.05, 0.1) is 19.3 Å². The van der Waals surface area contributed by atoms with Crippen LogP contribution in [0.2, 0.25) is 0 Å². The molecule has 2 heterocycles. The van der Waals surface area contributed by atoms with E-state index < -0.39 is 0 Å². The van der Waals surface area contributed by atoms with Crippen LogP contribution in [0.5, 0.6) is 5.75 Å². The normalized spacial score (nSPS) is 19.8. The molecule has 4 N–H and O–H groups in total. The van der Waals surface area contributed by atoms with Crippen molar-refractivity contribution in [2.75, 3.05) is 18.9 Å². The number of ether oxygens (including phenoxy) is 2. The first kappa shape index (κ1) is 18.1. The van der Waals surface area contributed by atoms with E-state index in [0.717, 1.165) is 5.56 Å². The van der Waals surface area contributed by atoms with E-state index in [-0.39, 0.29) is 36.3 Å². The number of aliphatic hydroxyl groups is 1. The number of rotatable bonds is 5. The Morgan fingerprint density at radius 2 is 2.15 bits per heavy atom. The summed E-state index contributed by atoms with van der Waals surface area (Å²) in [6.07, 6.45) is 0.304. The molecule has 8 heteroatoms. The minimum absolute atomic E-state index is 0.0209. The molecule has 0 radical (unpaired) electrons. The highest BCUT2D eigenvalue weighted by Gasteiger charge is 2.29. The van der Waals surface area contributed by atoms with Gasteiger partial charge in [-0.3, -0.25) is 4.79 Å². The van der Waals surface area contributed by atoms with E-state index in [1.807, 2.05) is 0 Å². The lowest BCUT2D eigenvalue weighted by Crippen LogP contribution is -2.51. The quantitative estimate of drug-likeness (QED) is 0.724. The zero-order valence-corrected chi connectivity index (χ0v) is 14.5. The van der Waals surface area contributed by atoms with E-state index in [0.29, 0.717) is 31.1 Å².